The highest BCUT2D eigenvalue weighted by molar-refractivity contribution is 9.11. The van der Waals surface area contributed by atoms with Crippen LogP contribution in [0.15, 0.2) is 40.2 Å². The highest BCUT2D eigenvalue weighted by Crippen LogP contribution is 2.64. The predicted molar refractivity (Wildman–Crippen MR) is 83.4 cm³/mol. The molecule has 1 fully saturated rings. The molecule has 0 spiro atoms. The van der Waals surface area contributed by atoms with Crippen LogP contribution < -0.4 is 5.73 Å². The molecule has 4 rings (SSSR count). The van der Waals surface area contributed by atoms with Gasteiger partial charge in [0.15, 0.2) is 0 Å². The van der Waals surface area contributed by atoms with E-state index in [1.54, 1.807) is 22.5 Å². The van der Waals surface area contributed by atoms with Crippen LogP contribution in [0.3, 0.4) is 0 Å². The first kappa shape index (κ1) is 12.1. The van der Waals surface area contributed by atoms with Crippen LogP contribution in [0.5, 0.6) is 0 Å². The Bertz CT molecular complexity index is 621. The van der Waals surface area contributed by atoms with E-state index >= 15 is 0 Å². The zero-order valence-corrected chi connectivity index (χ0v) is 13.0. The van der Waals surface area contributed by atoms with Crippen LogP contribution in [0.25, 0.3) is 0 Å². The molecule has 4 unspecified atom stereocenters. The van der Waals surface area contributed by atoms with Crippen LogP contribution in [0.4, 0.5) is 0 Å². The molecule has 0 bridgehead atoms. The van der Waals surface area contributed by atoms with E-state index in [0.29, 0.717) is 11.8 Å². The van der Waals surface area contributed by atoms with Crippen molar-refractivity contribution in [3.05, 3.63) is 56.2 Å². The first-order chi connectivity index (χ1) is 9.25. The number of fused-ring (bicyclic) bond motifs is 3. The summed E-state index contributed by atoms with van der Waals surface area (Å²) in [5.41, 5.74) is 9.63. The van der Waals surface area contributed by atoms with Crippen molar-refractivity contribution in [2.45, 2.75) is 24.8 Å². The molecule has 1 nitrogen and oxygen atoms in total. The predicted octanol–water partition coefficient (Wildman–Crippen LogP) is 4.49. The van der Waals surface area contributed by atoms with Gasteiger partial charge in [-0.2, -0.15) is 0 Å². The molecule has 2 aliphatic rings. The van der Waals surface area contributed by atoms with E-state index in [2.05, 4.69) is 52.3 Å². The molecule has 0 saturated heterocycles. The largest absolute Gasteiger partial charge is 0.323 e. The normalized spacial score (nSPS) is 29.5. The molecule has 2 N–H and O–H groups in total. The summed E-state index contributed by atoms with van der Waals surface area (Å²) in [6.45, 7) is 0. The highest BCUT2D eigenvalue weighted by Gasteiger charge is 2.55. The van der Waals surface area contributed by atoms with Gasteiger partial charge in [-0.25, -0.2) is 0 Å². The molecule has 0 aliphatic heterocycles. The van der Waals surface area contributed by atoms with Crippen molar-refractivity contribution in [1.82, 2.24) is 0 Å². The molecule has 1 aromatic carbocycles. The number of aryl methyl sites for hydroxylation is 1. The first-order valence-corrected chi connectivity index (χ1v) is 8.45. The van der Waals surface area contributed by atoms with Crippen molar-refractivity contribution in [2.24, 2.45) is 17.6 Å². The van der Waals surface area contributed by atoms with Crippen molar-refractivity contribution >= 4 is 27.3 Å². The van der Waals surface area contributed by atoms with E-state index in [-0.39, 0.29) is 6.04 Å². The SMILES string of the molecule is NC(c1ccc(Br)s1)C1C2CCc3ccccc3C21. The number of rotatable bonds is 2. The Balaban J connectivity index is 1.63. The molecule has 0 radical (unpaired) electrons. The summed E-state index contributed by atoms with van der Waals surface area (Å²) in [5, 5.41) is 0. The maximum Gasteiger partial charge on any atom is 0.0701 e. The summed E-state index contributed by atoms with van der Waals surface area (Å²) < 4.78 is 1.18. The number of benzene rings is 1. The summed E-state index contributed by atoms with van der Waals surface area (Å²) >= 11 is 5.32. The number of hydrogen-bond acceptors (Lipinski definition) is 2. The molecule has 1 heterocycles. The monoisotopic (exact) mass is 333 g/mol. The van der Waals surface area contributed by atoms with Gasteiger partial charge in [0.05, 0.1) is 3.79 Å². The second-order valence-electron chi connectivity index (χ2n) is 5.67. The lowest BCUT2D eigenvalue weighted by Gasteiger charge is -2.13. The van der Waals surface area contributed by atoms with Gasteiger partial charge in [0.2, 0.25) is 0 Å². The lowest BCUT2D eigenvalue weighted by atomic mass is 9.92. The molecule has 4 atom stereocenters. The number of halogens is 1. The molecule has 1 saturated carbocycles. The molecule has 98 valence electrons. The zero-order valence-electron chi connectivity index (χ0n) is 10.6. The van der Waals surface area contributed by atoms with Gasteiger partial charge in [-0.15, -0.1) is 11.3 Å². The van der Waals surface area contributed by atoms with Crippen molar-refractivity contribution in [3.8, 4) is 0 Å². The van der Waals surface area contributed by atoms with Crippen molar-refractivity contribution in [1.29, 1.82) is 0 Å². The molecule has 3 heteroatoms. The van der Waals surface area contributed by atoms with Crippen LogP contribution in [0.1, 0.15) is 34.4 Å². The third-order valence-corrected chi connectivity index (χ3v) is 6.45. The lowest BCUT2D eigenvalue weighted by Crippen LogP contribution is -2.12. The van der Waals surface area contributed by atoms with Crippen LogP contribution in [-0.4, -0.2) is 0 Å². The quantitative estimate of drug-likeness (QED) is 0.861. The van der Waals surface area contributed by atoms with Gasteiger partial charge in [0.25, 0.3) is 0 Å². The lowest BCUT2D eigenvalue weighted by molar-refractivity contribution is 0.562. The maximum absolute atomic E-state index is 6.52. The van der Waals surface area contributed by atoms with Gasteiger partial charge in [-0.1, -0.05) is 24.3 Å². The molecular formula is C16H16BrNS. The topological polar surface area (TPSA) is 26.0 Å². The number of nitrogens with two attached hydrogens (primary N) is 1. The number of thiophene rings is 1. The zero-order chi connectivity index (χ0) is 13.0. The third kappa shape index (κ3) is 1.91. The smallest absolute Gasteiger partial charge is 0.0701 e. The van der Waals surface area contributed by atoms with Crippen LogP contribution >= 0.6 is 27.3 Å². The van der Waals surface area contributed by atoms with Crippen LogP contribution in [0, 0.1) is 11.8 Å². The Morgan fingerprint density at radius 2 is 2.05 bits per heavy atom. The maximum atomic E-state index is 6.52. The summed E-state index contributed by atoms with van der Waals surface area (Å²) in [5.74, 6) is 2.17. The minimum Gasteiger partial charge on any atom is -0.323 e. The molecule has 2 aromatic rings. The summed E-state index contributed by atoms with van der Waals surface area (Å²) in [7, 11) is 0. The first-order valence-electron chi connectivity index (χ1n) is 6.84. The average Bonchev–Trinajstić information content (AvgIpc) is 3.03. The van der Waals surface area contributed by atoms with Gasteiger partial charge >= 0.3 is 0 Å². The fraction of sp³-hybridized carbons (Fsp3) is 0.375. The summed E-state index contributed by atoms with van der Waals surface area (Å²) in [6, 6.07) is 13.4. The number of hydrogen-bond donors (Lipinski definition) is 1. The molecule has 19 heavy (non-hydrogen) atoms. The third-order valence-electron chi connectivity index (χ3n) is 4.73. The van der Waals surface area contributed by atoms with Crippen molar-refractivity contribution in [2.75, 3.05) is 0 Å². The standard InChI is InChI=1S/C16H16BrNS/c17-13-8-7-12(19-13)16(18)15-11-6-5-9-3-1-2-4-10(9)14(11)15/h1-4,7-8,11,14-16H,5-6,18H2. The van der Waals surface area contributed by atoms with E-state index in [4.69, 9.17) is 5.73 Å². The average molecular weight is 334 g/mol. The fourth-order valence-electron chi connectivity index (χ4n) is 3.81. The van der Waals surface area contributed by atoms with E-state index in [1.807, 2.05) is 0 Å². The van der Waals surface area contributed by atoms with E-state index in [9.17, 15) is 0 Å². The Labute approximate surface area is 126 Å². The molecule has 0 amide bonds. The van der Waals surface area contributed by atoms with Gasteiger partial charge in [-0.05, 0) is 69.8 Å². The van der Waals surface area contributed by atoms with Gasteiger partial charge in [-0.3, -0.25) is 0 Å². The second-order valence-corrected chi connectivity index (χ2v) is 8.17. The van der Waals surface area contributed by atoms with Gasteiger partial charge < -0.3 is 5.73 Å². The Hall–Kier alpha value is -0.640. The molecule has 2 aliphatic carbocycles. The van der Waals surface area contributed by atoms with E-state index < -0.39 is 0 Å². The van der Waals surface area contributed by atoms with Crippen LogP contribution in [-0.2, 0) is 6.42 Å². The van der Waals surface area contributed by atoms with Crippen molar-refractivity contribution in [3.63, 3.8) is 0 Å². The van der Waals surface area contributed by atoms with E-state index in [0.717, 1.165) is 5.92 Å². The fourth-order valence-corrected chi connectivity index (χ4v) is 5.29. The summed E-state index contributed by atoms with van der Waals surface area (Å²) in [4.78, 5) is 1.32. The Morgan fingerprint density at radius 1 is 1.21 bits per heavy atom. The minimum absolute atomic E-state index is 0.206. The van der Waals surface area contributed by atoms with Crippen molar-refractivity contribution < 1.29 is 0 Å². The Kier molecular flexibility index (Phi) is 2.83. The Morgan fingerprint density at radius 3 is 2.84 bits per heavy atom. The van der Waals surface area contributed by atoms with Gasteiger partial charge in [0.1, 0.15) is 0 Å². The highest BCUT2D eigenvalue weighted by atomic mass is 79.9. The molecule has 1 aromatic heterocycles. The van der Waals surface area contributed by atoms with Crippen LogP contribution in [0.2, 0.25) is 0 Å². The minimum atomic E-state index is 0.206. The second kappa shape index (κ2) is 4.44. The van der Waals surface area contributed by atoms with Gasteiger partial charge in [0, 0.05) is 10.9 Å². The summed E-state index contributed by atoms with van der Waals surface area (Å²) in [6.07, 6.45) is 2.54. The molecular weight excluding hydrogens is 318 g/mol. The van der Waals surface area contributed by atoms with E-state index in [1.165, 1.54) is 21.5 Å².